The van der Waals surface area contributed by atoms with Gasteiger partial charge in [0.15, 0.2) is 0 Å². The summed E-state index contributed by atoms with van der Waals surface area (Å²) in [5, 5.41) is 3.33. The predicted molar refractivity (Wildman–Crippen MR) is 86.7 cm³/mol. The summed E-state index contributed by atoms with van der Waals surface area (Å²) in [6.07, 6.45) is 0.692. The zero-order valence-corrected chi connectivity index (χ0v) is 13.7. The third-order valence-electron chi connectivity index (χ3n) is 3.86. The van der Waals surface area contributed by atoms with E-state index < -0.39 is 0 Å². The summed E-state index contributed by atoms with van der Waals surface area (Å²) in [7, 11) is 0. The Kier molecular flexibility index (Phi) is 4.38. The van der Waals surface area contributed by atoms with Crippen molar-refractivity contribution in [1.29, 1.82) is 0 Å². The van der Waals surface area contributed by atoms with Crippen LogP contribution in [-0.4, -0.2) is 30.3 Å². The summed E-state index contributed by atoms with van der Waals surface area (Å²) in [5.74, 6) is 0. The summed E-state index contributed by atoms with van der Waals surface area (Å²) in [4.78, 5) is 6.39. The second-order valence-electron chi connectivity index (χ2n) is 6.11. The molecule has 0 bridgehead atoms. The van der Waals surface area contributed by atoms with E-state index in [-0.39, 0.29) is 0 Å². The Hall–Kier alpha value is -1.23. The molecule has 1 fully saturated rings. The maximum Gasteiger partial charge on any atom is 0.123 e. The van der Waals surface area contributed by atoms with Gasteiger partial charge in [0.25, 0.3) is 0 Å². The molecule has 2 atom stereocenters. The lowest BCUT2D eigenvalue weighted by atomic mass is 10.1. The Morgan fingerprint density at radius 2 is 2.05 bits per heavy atom. The highest BCUT2D eigenvalue weighted by atomic mass is 32.1. The van der Waals surface area contributed by atoms with Crippen LogP contribution < -0.4 is 4.90 Å². The summed E-state index contributed by atoms with van der Waals surface area (Å²) < 4.78 is 5.80. The molecule has 1 aromatic heterocycles. The number of rotatable bonds is 3. The van der Waals surface area contributed by atoms with Crippen molar-refractivity contribution in [1.82, 2.24) is 4.98 Å². The molecule has 4 heteroatoms. The van der Waals surface area contributed by atoms with Crippen molar-refractivity contribution in [3.8, 4) is 10.6 Å². The van der Waals surface area contributed by atoms with Gasteiger partial charge in [-0.25, -0.2) is 4.98 Å². The van der Waals surface area contributed by atoms with Gasteiger partial charge in [-0.05, 0) is 26.8 Å². The first-order chi connectivity index (χ1) is 10.1. The van der Waals surface area contributed by atoms with Gasteiger partial charge in [-0.2, -0.15) is 0 Å². The number of thiazole rings is 1. The zero-order valence-electron chi connectivity index (χ0n) is 12.9. The molecule has 0 radical (unpaired) electrons. The Balaban J connectivity index is 1.70. The lowest BCUT2D eigenvalue weighted by molar-refractivity contribution is -0.928. The van der Waals surface area contributed by atoms with E-state index in [1.54, 1.807) is 16.2 Å². The van der Waals surface area contributed by atoms with Crippen molar-refractivity contribution in [2.45, 2.75) is 39.5 Å². The lowest BCUT2D eigenvalue weighted by Crippen LogP contribution is -3.14. The number of morpholine rings is 1. The van der Waals surface area contributed by atoms with Gasteiger partial charge in [0.05, 0.1) is 0 Å². The molecule has 0 amide bonds. The minimum absolute atomic E-state index is 0.346. The molecule has 3 rings (SSSR count). The predicted octanol–water partition coefficient (Wildman–Crippen LogP) is 2.31. The van der Waals surface area contributed by atoms with Gasteiger partial charge in [0.1, 0.15) is 42.5 Å². The molecule has 1 aliphatic heterocycles. The molecule has 0 unspecified atom stereocenters. The fourth-order valence-corrected chi connectivity index (χ4v) is 3.91. The summed E-state index contributed by atoms with van der Waals surface area (Å²) in [6, 6.07) is 8.57. The van der Waals surface area contributed by atoms with E-state index in [9.17, 15) is 0 Å². The Morgan fingerprint density at radius 1 is 1.29 bits per heavy atom. The van der Waals surface area contributed by atoms with Gasteiger partial charge in [-0.1, -0.05) is 23.8 Å². The molecule has 112 valence electrons. The highest BCUT2D eigenvalue weighted by Crippen LogP contribution is 2.24. The molecule has 1 aromatic carbocycles. The SMILES string of the molecule is Cc1cccc(-c2nc(C[NH+]3C[C@@H](C)O[C@H](C)C3)cs2)c1. The van der Waals surface area contributed by atoms with Crippen LogP contribution in [0.15, 0.2) is 29.6 Å². The Labute approximate surface area is 130 Å². The zero-order chi connectivity index (χ0) is 14.8. The second-order valence-corrected chi connectivity index (χ2v) is 6.96. The van der Waals surface area contributed by atoms with E-state index in [1.165, 1.54) is 16.8 Å². The molecule has 2 aromatic rings. The van der Waals surface area contributed by atoms with E-state index in [1.807, 2.05) is 0 Å². The van der Waals surface area contributed by atoms with Gasteiger partial charge in [-0.15, -0.1) is 11.3 Å². The Bertz CT molecular complexity index is 600. The van der Waals surface area contributed by atoms with Crippen LogP contribution in [-0.2, 0) is 11.3 Å². The maximum atomic E-state index is 5.80. The highest BCUT2D eigenvalue weighted by Gasteiger charge is 2.26. The van der Waals surface area contributed by atoms with Crippen LogP contribution in [0.5, 0.6) is 0 Å². The van der Waals surface area contributed by atoms with E-state index in [4.69, 9.17) is 9.72 Å². The van der Waals surface area contributed by atoms with Crippen molar-refractivity contribution >= 4 is 11.3 Å². The topological polar surface area (TPSA) is 26.6 Å². The van der Waals surface area contributed by atoms with Crippen molar-refractivity contribution in [2.75, 3.05) is 13.1 Å². The van der Waals surface area contributed by atoms with Gasteiger partial charge in [0, 0.05) is 10.9 Å². The summed E-state index contributed by atoms with van der Waals surface area (Å²) in [6.45, 7) is 9.59. The number of hydrogen-bond donors (Lipinski definition) is 1. The average Bonchev–Trinajstić information content (AvgIpc) is 2.86. The van der Waals surface area contributed by atoms with E-state index >= 15 is 0 Å². The van der Waals surface area contributed by atoms with Crippen LogP contribution in [0, 0.1) is 6.92 Å². The first-order valence-electron chi connectivity index (χ1n) is 7.60. The minimum Gasteiger partial charge on any atom is -0.364 e. The first kappa shape index (κ1) is 14.7. The fraction of sp³-hybridized carbons (Fsp3) is 0.471. The van der Waals surface area contributed by atoms with Gasteiger partial charge in [-0.3, -0.25) is 0 Å². The second kappa shape index (κ2) is 6.26. The van der Waals surface area contributed by atoms with Crippen LogP contribution in [0.25, 0.3) is 10.6 Å². The Morgan fingerprint density at radius 3 is 2.76 bits per heavy atom. The minimum atomic E-state index is 0.346. The van der Waals surface area contributed by atoms with E-state index in [2.05, 4.69) is 50.4 Å². The molecule has 21 heavy (non-hydrogen) atoms. The number of quaternary nitrogens is 1. The molecule has 1 aliphatic rings. The molecule has 0 saturated carbocycles. The van der Waals surface area contributed by atoms with Crippen LogP contribution in [0.1, 0.15) is 25.1 Å². The largest absolute Gasteiger partial charge is 0.364 e. The molecule has 1 saturated heterocycles. The third-order valence-corrected chi connectivity index (χ3v) is 4.80. The maximum absolute atomic E-state index is 5.80. The van der Waals surface area contributed by atoms with Crippen molar-refractivity contribution < 1.29 is 9.64 Å². The number of ether oxygens (including phenoxy) is 1. The first-order valence-corrected chi connectivity index (χ1v) is 8.48. The number of aromatic nitrogens is 1. The van der Waals surface area contributed by atoms with Crippen LogP contribution in [0.4, 0.5) is 0 Å². The van der Waals surface area contributed by atoms with Crippen molar-refractivity contribution in [2.24, 2.45) is 0 Å². The number of nitrogens with one attached hydrogen (secondary N) is 1. The standard InChI is InChI=1S/C17H22N2OS/c1-12-5-4-6-15(7-12)17-18-16(11-21-17)10-19-8-13(2)20-14(3)9-19/h4-7,11,13-14H,8-10H2,1-3H3/p+1/t13-,14-/m1/s1. The number of benzene rings is 1. The normalized spacial score (nSPS) is 26.0. The van der Waals surface area contributed by atoms with Gasteiger partial charge >= 0.3 is 0 Å². The third kappa shape index (κ3) is 3.70. The number of nitrogens with zero attached hydrogens (tertiary/aromatic N) is 1. The highest BCUT2D eigenvalue weighted by molar-refractivity contribution is 7.13. The van der Waals surface area contributed by atoms with Crippen molar-refractivity contribution in [3.63, 3.8) is 0 Å². The van der Waals surface area contributed by atoms with E-state index in [0.29, 0.717) is 12.2 Å². The smallest absolute Gasteiger partial charge is 0.123 e. The summed E-state index contributed by atoms with van der Waals surface area (Å²) >= 11 is 1.75. The monoisotopic (exact) mass is 303 g/mol. The van der Waals surface area contributed by atoms with Gasteiger partial charge < -0.3 is 9.64 Å². The molecule has 0 aliphatic carbocycles. The molecule has 2 heterocycles. The molecular formula is C17H23N2OS+. The van der Waals surface area contributed by atoms with Crippen LogP contribution in [0.3, 0.4) is 0 Å². The molecule has 1 N–H and O–H groups in total. The van der Waals surface area contributed by atoms with Gasteiger partial charge in [0.2, 0.25) is 0 Å². The van der Waals surface area contributed by atoms with E-state index in [0.717, 1.165) is 24.6 Å². The molecule has 3 nitrogen and oxygen atoms in total. The summed E-state index contributed by atoms with van der Waals surface area (Å²) in [5.41, 5.74) is 3.71. The fourth-order valence-electron chi connectivity index (χ4n) is 3.09. The van der Waals surface area contributed by atoms with Crippen LogP contribution in [0.2, 0.25) is 0 Å². The molecular weight excluding hydrogens is 280 g/mol. The lowest BCUT2D eigenvalue weighted by Gasteiger charge is -2.31. The molecule has 0 spiro atoms. The average molecular weight is 303 g/mol. The number of aryl methyl sites for hydroxylation is 1. The quantitative estimate of drug-likeness (QED) is 0.942. The van der Waals surface area contributed by atoms with Crippen molar-refractivity contribution in [3.05, 3.63) is 40.9 Å². The number of hydrogen-bond acceptors (Lipinski definition) is 3. The van der Waals surface area contributed by atoms with Crippen LogP contribution >= 0.6 is 11.3 Å².